The van der Waals surface area contributed by atoms with Gasteiger partial charge in [0.05, 0.1) is 6.04 Å². The Morgan fingerprint density at radius 1 is 1.09 bits per heavy atom. The third-order valence-corrected chi connectivity index (χ3v) is 6.06. The molecule has 0 saturated carbocycles. The fraction of sp³-hybridized carbons (Fsp3) is 0.321. The monoisotopic (exact) mass is 428 g/mol. The van der Waals surface area contributed by atoms with Crippen LogP contribution in [0.1, 0.15) is 47.7 Å². The molecule has 0 aliphatic carbocycles. The molecule has 2 unspecified atom stereocenters. The Kier molecular flexibility index (Phi) is 6.91. The SMILES string of the molecule is CCNC(=O)C(C)Oc1ccc2c(c1)C(c1ccccc1)N(Cc1cccc(C)c1)CC2. The van der Waals surface area contributed by atoms with Crippen molar-refractivity contribution in [3.8, 4) is 5.75 Å². The Balaban J connectivity index is 1.67. The van der Waals surface area contributed by atoms with Gasteiger partial charge in [0.2, 0.25) is 0 Å². The second-order valence-electron chi connectivity index (χ2n) is 8.54. The van der Waals surface area contributed by atoms with Crippen molar-refractivity contribution in [2.45, 2.75) is 45.9 Å². The lowest BCUT2D eigenvalue weighted by atomic mass is 9.87. The molecule has 32 heavy (non-hydrogen) atoms. The minimum atomic E-state index is -0.532. The Morgan fingerprint density at radius 3 is 2.66 bits per heavy atom. The molecule has 1 amide bonds. The van der Waals surface area contributed by atoms with E-state index in [-0.39, 0.29) is 11.9 Å². The Bertz CT molecular complexity index is 1060. The summed E-state index contributed by atoms with van der Waals surface area (Å²) in [4.78, 5) is 14.7. The Morgan fingerprint density at radius 2 is 1.91 bits per heavy atom. The van der Waals surface area contributed by atoms with Gasteiger partial charge >= 0.3 is 0 Å². The van der Waals surface area contributed by atoms with Crippen molar-refractivity contribution in [2.24, 2.45) is 0 Å². The van der Waals surface area contributed by atoms with E-state index in [0.29, 0.717) is 6.54 Å². The first-order chi connectivity index (χ1) is 15.5. The zero-order valence-corrected chi connectivity index (χ0v) is 19.2. The van der Waals surface area contributed by atoms with Crippen molar-refractivity contribution in [1.29, 1.82) is 0 Å². The van der Waals surface area contributed by atoms with E-state index < -0.39 is 6.10 Å². The van der Waals surface area contributed by atoms with Crippen LogP contribution in [0.25, 0.3) is 0 Å². The number of likely N-dealkylation sites (N-methyl/N-ethyl adjacent to an activating group) is 1. The van der Waals surface area contributed by atoms with Crippen LogP contribution >= 0.6 is 0 Å². The first kappa shape index (κ1) is 22.1. The van der Waals surface area contributed by atoms with E-state index in [0.717, 1.165) is 25.3 Å². The van der Waals surface area contributed by atoms with Gasteiger partial charge in [0.1, 0.15) is 5.75 Å². The molecule has 0 fully saturated rings. The summed E-state index contributed by atoms with van der Waals surface area (Å²) in [5, 5.41) is 2.83. The molecule has 0 radical (unpaired) electrons. The summed E-state index contributed by atoms with van der Waals surface area (Å²) in [5.41, 5.74) is 6.49. The molecule has 1 N–H and O–H groups in total. The predicted molar refractivity (Wildman–Crippen MR) is 129 cm³/mol. The third-order valence-electron chi connectivity index (χ3n) is 6.06. The molecule has 166 valence electrons. The van der Waals surface area contributed by atoms with Crippen LogP contribution < -0.4 is 10.1 Å². The maximum Gasteiger partial charge on any atom is 0.260 e. The first-order valence-corrected chi connectivity index (χ1v) is 11.5. The topological polar surface area (TPSA) is 41.6 Å². The standard InChI is InChI=1S/C28H32N2O2/c1-4-29-28(31)21(3)32-25-14-13-23-15-16-30(19-22-10-8-9-20(2)17-22)27(26(23)18-25)24-11-6-5-7-12-24/h5-14,17-18,21,27H,4,15-16,19H2,1-3H3,(H,29,31). The van der Waals surface area contributed by atoms with Crippen LogP contribution in [0, 0.1) is 6.92 Å². The fourth-order valence-corrected chi connectivity index (χ4v) is 4.54. The zero-order chi connectivity index (χ0) is 22.5. The van der Waals surface area contributed by atoms with E-state index in [9.17, 15) is 4.79 Å². The minimum Gasteiger partial charge on any atom is -0.481 e. The van der Waals surface area contributed by atoms with Crippen LogP contribution in [0.5, 0.6) is 5.75 Å². The van der Waals surface area contributed by atoms with Gasteiger partial charge in [0, 0.05) is 19.6 Å². The summed E-state index contributed by atoms with van der Waals surface area (Å²) in [6.45, 7) is 8.33. The molecule has 2 atom stereocenters. The van der Waals surface area contributed by atoms with Gasteiger partial charge in [-0.3, -0.25) is 9.69 Å². The van der Waals surface area contributed by atoms with E-state index in [2.05, 4.69) is 83.9 Å². The van der Waals surface area contributed by atoms with Gasteiger partial charge < -0.3 is 10.1 Å². The number of carbonyl (C=O) groups is 1. The fourth-order valence-electron chi connectivity index (χ4n) is 4.54. The summed E-state index contributed by atoms with van der Waals surface area (Å²) in [6, 6.07) is 25.9. The highest BCUT2D eigenvalue weighted by atomic mass is 16.5. The molecule has 1 heterocycles. The van der Waals surface area contributed by atoms with Gasteiger partial charge in [-0.1, -0.05) is 66.2 Å². The van der Waals surface area contributed by atoms with Crippen molar-refractivity contribution < 1.29 is 9.53 Å². The van der Waals surface area contributed by atoms with Crippen molar-refractivity contribution in [1.82, 2.24) is 10.2 Å². The molecule has 4 nitrogen and oxygen atoms in total. The largest absolute Gasteiger partial charge is 0.481 e. The second-order valence-corrected chi connectivity index (χ2v) is 8.54. The number of aryl methyl sites for hydroxylation is 1. The molecule has 1 aliphatic heterocycles. The maximum atomic E-state index is 12.2. The number of rotatable bonds is 7. The smallest absolute Gasteiger partial charge is 0.260 e. The first-order valence-electron chi connectivity index (χ1n) is 11.5. The minimum absolute atomic E-state index is 0.0918. The molecule has 4 rings (SSSR count). The predicted octanol–water partition coefficient (Wildman–Crippen LogP) is 5.05. The van der Waals surface area contributed by atoms with Crippen LogP contribution in [0.4, 0.5) is 0 Å². The quantitative estimate of drug-likeness (QED) is 0.573. The van der Waals surface area contributed by atoms with Crippen molar-refractivity contribution in [2.75, 3.05) is 13.1 Å². The maximum absolute atomic E-state index is 12.2. The van der Waals surface area contributed by atoms with E-state index in [1.54, 1.807) is 6.92 Å². The third kappa shape index (κ3) is 5.03. The number of ether oxygens (including phenoxy) is 1. The number of benzene rings is 3. The van der Waals surface area contributed by atoms with Crippen LogP contribution in [0.2, 0.25) is 0 Å². The van der Waals surface area contributed by atoms with Gasteiger partial charge in [-0.25, -0.2) is 0 Å². The van der Waals surface area contributed by atoms with Gasteiger partial charge in [-0.2, -0.15) is 0 Å². The summed E-state index contributed by atoms with van der Waals surface area (Å²) in [5.74, 6) is 0.645. The van der Waals surface area contributed by atoms with Gasteiger partial charge in [0.25, 0.3) is 5.91 Å². The van der Waals surface area contributed by atoms with E-state index in [1.807, 2.05) is 13.0 Å². The zero-order valence-electron chi connectivity index (χ0n) is 19.2. The van der Waals surface area contributed by atoms with Gasteiger partial charge in [-0.05, 0) is 61.6 Å². The molecule has 0 aromatic heterocycles. The highest BCUT2D eigenvalue weighted by Gasteiger charge is 2.29. The Labute approximate surface area is 191 Å². The van der Waals surface area contributed by atoms with E-state index in [4.69, 9.17) is 4.74 Å². The van der Waals surface area contributed by atoms with Crippen LogP contribution in [-0.2, 0) is 17.8 Å². The van der Waals surface area contributed by atoms with Gasteiger partial charge in [0.15, 0.2) is 6.10 Å². The van der Waals surface area contributed by atoms with Crippen LogP contribution in [0.15, 0.2) is 72.8 Å². The average molecular weight is 429 g/mol. The molecular formula is C28H32N2O2. The summed E-state index contributed by atoms with van der Waals surface area (Å²) < 4.78 is 6.02. The average Bonchev–Trinajstić information content (AvgIpc) is 2.79. The van der Waals surface area contributed by atoms with Crippen molar-refractivity contribution in [3.63, 3.8) is 0 Å². The number of hydrogen-bond acceptors (Lipinski definition) is 3. The van der Waals surface area contributed by atoms with Crippen molar-refractivity contribution >= 4 is 5.91 Å². The molecule has 0 saturated heterocycles. The van der Waals surface area contributed by atoms with E-state index >= 15 is 0 Å². The highest BCUT2D eigenvalue weighted by molar-refractivity contribution is 5.80. The lowest BCUT2D eigenvalue weighted by Crippen LogP contribution is -2.37. The number of nitrogens with zero attached hydrogens (tertiary/aromatic N) is 1. The molecule has 0 bridgehead atoms. The molecular weight excluding hydrogens is 396 g/mol. The molecule has 3 aromatic carbocycles. The molecule has 3 aromatic rings. The highest BCUT2D eigenvalue weighted by Crippen LogP contribution is 2.38. The number of fused-ring (bicyclic) bond motifs is 1. The van der Waals surface area contributed by atoms with Crippen LogP contribution in [0.3, 0.4) is 0 Å². The summed E-state index contributed by atoms with van der Waals surface area (Å²) >= 11 is 0. The molecule has 1 aliphatic rings. The van der Waals surface area contributed by atoms with Gasteiger partial charge in [-0.15, -0.1) is 0 Å². The summed E-state index contributed by atoms with van der Waals surface area (Å²) in [6.07, 6.45) is 0.464. The molecule has 0 spiro atoms. The number of nitrogens with one attached hydrogen (secondary N) is 1. The lowest BCUT2D eigenvalue weighted by Gasteiger charge is -2.38. The van der Waals surface area contributed by atoms with Crippen molar-refractivity contribution in [3.05, 3.63) is 101 Å². The number of amides is 1. The lowest BCUT2D eigenvalue weighted by molar-refractivity contribution is -0.127. The number of carbonyl (C=O) groups excluding carboxylic acids is 1. The summed E-state index contributed by atoms with van der Waals surface area (Å²) in [7, 11) is 0. The Hall–Kier alpha value is -3.11. The second kappa shape index (κ2) is 10.0. The van der Waals surface area contributed by atoms with Crippen LogP contribution in [-0.4, -0.2) is 30.0 Å². The molecule has 4 heteroatoms. The number of hydrogen-bond donors (Lipinski definition) is 1. The normalized spacial score (nSPS) is 16.8. The van der Waals surface area contributed by atoms with E-state index in [1.165, 1.54) is 27.8 Å².